The van der Waals surface area contributed by atoms with Crippen LogP contribution < -0.4 is 10.1 Å². The fraction of sp³-hybridized carbons (Fsp3) is 0.267. The van der Waals surface area contributed by atoms with Gasteiger partial charge in [-0.15, -0.1) is 0 Å². The maximum absolute atomic E-state index is 5.43. The van der Waals surface area contributed by atoms with E-state index in [9.17, 15) is 0 Å². The van der Waals surface area contributed by atoms with Gasteiger partial charge in [-0.2, -0.15) is 0 Å². The molecule has 4 heteroatoms. The van der Waals surface area contributed by atoms with Gasteiger partial charge in [0.25, 0.3) is 0 Å². The minimum atomic E-state index is 0.756. The molecule has 0 bridgehead atoms. The summed E-state index contributed by atoms with van der Waals surface area (Å²) in [6.07, 6.45) is 2.64. The fourth-order valence-corrected chi connectivity index (χ4v) is 2.50. The summed E-state index contributed by atoms with van der Waals surface area (Å²) < 4.78 is 6.32. The van der Waals surface area contributed by atoms with Crippen molar-refractivity contribution in [2.24, 2.45) is 0 Å². The predicted octanol–water partition coefficient (Wildman–Crippen LogP) is 4.03. The smallest absolute Gasteiger partial charge is 0.141 e. The Balaban J connectivity index is 2.21. The second-order valence-corrected chi connectivity index (χ2v) is 5.01. The zero-order valence-corrected chi connectivity index (χ0v) is 12.7. The minimum absolute atomic E-state index is 0.756. The normalized spacial score (nSPS) is 10.3. The zero-order chi connectivity index (χ0) is 13.7. The van der Waals surface area contributed by atoms with E-state index in [2.05, 4.69) is 45.3 Å². The van der Waals surface area contributed by atoms with E-state index in [1.54, 1.807) is 13.3 Å². The van der Waals surface area contributed by atoms with E-state index in [0.717, 1.165) is 34.6 Å². The lowest BCUT2D eigenvalue weighted by Gasteiger charge is -2.14. The largest absolute Gasteiger partial charge is 0.495 e. The van der Waals surface area contributed by atoms with Gasteiger partial charge in [0.2, 0.25) is 0 Å². The molecular formula is C15H17BrN2O. The lowest BCUT2D eigenvalue weighted by atomic mass is 10.1. The Labute approximate surface area is 122 Å². The summed E-state index contributed by atoms with van der Waals surface area (Å²) in [5.74, 6) is 1.74. The molecule has 0 amide bonds. The summed E-state index contributed by atoms with van der Waals surface area (Å²) >= 11 is 3.46. The van der Waals surface area contributed by atoms with E-state index in [1.807, 2.05) is 18.2 Å². The van der Waals surface area contributed by atoms with Crippen LogP contribution in [0.4, 0.5) is 5.82 Å². The second-order valence-electron chi connectivity index (χ2n) is 4.16. The number of methoxy groups -OCH3 is 1. The number of benzene rings is 1. The van der Waals surface area contributed by atoms with Gasteiger partial charge in [0, 0.05) is 18.3 Å². The van der Waals surface area contributed by atoms with E-state index in [0.29, 0.717) is 0 Å². The average molecular weight is 321 g/mol. The van der Waals surface area contributed by atoms with Gasteiger partial charge in [0.15, 0.2) is 0 Å². The Morgan fingerprint density at radius 3 is 2.63 bits per heavy atom. The van der Waals surface area contributed by atoms with Crippen molar-refractivity contribution >= 4 is 21.7 Å². The summed E-state index contributed by atoms with van der Waals surface area (Å²) in [6.45, 7) is 2.85. The maximum atomic E-state index is 5.43. The van der Waals surface area contributed by atoms with Crippen LogP contribution in [0, 0.1) is 0 Å². The van der Waals surface area contributed by atoms with Gasteiger partial charge in [-0.3, -0.25) is 0 Å². The number of anilines is 1. The van der Waals surface area contributed by atoms with Gasteiger partial charge in [0.1, 0.15) is 11.6 Å². The number of aromatic nitrogens is 1. The number of halogens is 1. The minimum Gasteiger partial charge on any atom is -0.495 e. The standard InChI is InChI=1S/C15H17BrN2O/c1-3-12-14(19-2)13(16)10-18-15(12)17-9-11-7-5-4-6-8-11/h4-8,10H,3,9H2,1-2H3,(H,17,18). The van der Waals surface area contributed by atoms with Crippen molar-refractivity contribution in [1.82, 2.24) is 4.98 Å². The first-order valence-corrected chi connectivity index (χ1v) is 7.04. The van der Waals surface area contributed by atoms with Crippen LogP contribution in [0.1, 0.15) is 18.1 Å². The third-order valence-electron chi connectivity index (χ3n) is 2.94. The van der Waals surface area contributed by atoms with Crippen molar-refractivity contribution in [3.63, 3.8) is 0 Å². The monoisotopic (exact) mass is 320 g/mol. The summed E-state index contributed by atoms with van der Waals surface area (Å²) in [5, 5.41) is 3.37. The predicted molar refractivity (Wildman–Crippen MR) is 81.6 cm³/mol. The molecule has 0 aliphatic heterocycles. The molecule has 19 heavy (non-hydrogen) atoms. The third kappa shape index (κ3) is 3.26. The van der Waals surface area contributed by atoms with Gasteiger partial charge in [-0.1, -0.05) is 37.3 Å². The molecule has 0 saturated carbocycles. The molecule has 100 valence electrons. The molecule has 0 spiro atoms. The lowest BCUT2D eigenvalue weighted by Crippen LogP contribution is -2.06. The molecule has 2 rings (SSSR count). The van der Waals surface area contributed by atoms with Crippen molar-refractivity contribution in [3.8, 4) is 5.75 Å². The number of nitrogens with zero attached hydrogens (tertiary/aromatic N) is 1. The topological polar surface area (TPSA) is 34.2 Å². The number of ether oxygens (including phenoxy) is 1. The van der Waals surface area contributed by atoms with E-state index < -0.39 is 0 Å². The van der Waals surface area contributed by atoms with Gasteiger partial charge in [-0.25, -0.2) is 4.98 Å². The highest BCUT2D eigenvalue weighted by atomic mass is 79.9. The van der Waals surface area contributed by atoms with Crippen molar-refractivity contribution in [1.29, 1.82) is 0 Å². The van der Waals surface area contributed by atoms with Crippen molar-refractivity contribution in [3.05, 3.63) is 52.1 Å². The number of rotatable bonds is 5. The lowest BCUT2D eigenvalue weighted by molar-refractivity contribution is 0.407. The van der Waals surface area contributed by atoms with Crippen LogP contribution in [0.2, 0.25) is 0 Å². The van der Waals surface area contributed by atoms with E-state index in [1.165, 1.54) is 5.56 Å². The Kier molecular flexibility index (Phi) is 4.80. The van der Waals surface area contributed by atoms with Crippen LogP contribution in [-0.4, -0.2) is 12.1 Å². The van der Waals surface area contributed by atoms with E-state index >= 15 is 0 Å². The van der Waals surface area contributed by atoms with E-state index in [-0.39, 0.29) is 0 Å². The number of nitrogens with one attached hydrogen (secondary N) is 1. The molecule has 1 aromatic heterocycles. The van der Waals surface area contributed by atoms with Crippen LogP contribution in [0.3, 0.4) is 0 Å². The Morgan fingerprint density at radius 1 is 1.26 bits per heavy atom. The molecule has 1 N–H and O–H groups in total. The molecule has 0 atom stereocenters. The van der Waals surface area contributed by atoms with Gasteiger partial charge < -0.3 is 10.1 Å². The Hall–Kier alpha value is -1.55. The van der Waals surface area contributed by atoms with Gasteiger partial charge in [0.05, 0.1) is 11.6 Å². The summed E-state index contributed by atoms with van der Waals surface area (Å²) in [5.41, 5.74) is 2.32. The average Bonchev–Trinajstić information content (AvgIpc) is 2.46. The molecule has 0 fully saturated rings. The highest BCUT2D eigenvalue weighted by Gasteiger charge is 2.12. The Bertz CT molecular complexity index is 543. The van der Waals surface area contributed by atoms with Crippen LogP contribution >= 0.6 is 15.9 Å². The first-order chi connectivity index (χ1) is 9.26. The number of hydrogen-bond acceptors (Lipinski definition) is 3. The second kappa shape index (κ2) is 6.57. The molecule has 2 aromatic rings. The van der Waals surface area contributed by atoms with Crippen LogP contribution in [0.15, 0.2) is 41.0 Å². The highest BCUT2D eigenvalue weighted by molar-refractivity contribution is 9.10. The van der Waals surface area contributed by atoms with E-state index in [4.69, 9.17) is 4.74 Å². The fourth-order valence-electron chi connectivity index (χ4n) is 1.99. The molecule has 0 aliphatic carbocycles. The zero-order valence-electron chi connectivity index (χ0n) is 11.1. The number of hydrogen-bond donors (Lipinski definition) is 1. The first kappa shape index (κ1) is 13.9. The van der Waals surface area contributed by atoms with Crippen molar-refractivity contribution in [2.45, 2.75) is 19.9 Å². The molecule has 0 aliphatic rings. The molecule has 1 aromatic carbocycles. The quantitative estimate of drug-likeness (QED) is 0.903. The van der Waals surface area contributed by atoms with Gasteiger partial charge >= 0.3 is 0 Å². The molecule has 1 heterocycles. The first-order valence-electron chi connectivity index (χ1n) is 6.25. The van der Waals surface area contributed by atoms with Crippen LogP contribution in [0.5, 0.6) is 5.75 Å². The molecule has 0 radical (unpaired) electrons. The number of pyridine rings is 1. The molecular weight excluding hydrogens is 304 g/mol. The highest BCUT2D eigenvalue weighted by Crippen LogP contribution is 2.32. The summed E-state index contributed by atoms with van der Waals surface area (Å²) in [6, 6.07) is 10.3. The van der Waals surface area contributed by atoms with Crippen LogP contribution in [0.25, 0.3) is 0 Å². The van der Waals surface area contributed by atoms with Gasteiger partial charge in [-0.05, 0) is 27.9 Å². The summed E-state index contributed by atoms with van der Waals surface area (Å²) in [4.78, 5) is 4.43. The van der Waals surface area contributed by atoms with Crippen LogP contribution in [-0.2, 0) is 13.0 Å². The molecule has 0 unspecified atom stereocenters. The Morgan fingerprint density at radius 2 is 2.00 bits per heavy atom. The van der Waals surface area contributed by atoms with Crippen molar-refractivity contribution < 1.29 is 4.74 Å². The molecule has 0 saturated heterocycles. The molecule has 3 nitrogen and oxygen atoms in total. The summed E-state index contributed by atoms with van der Waals surface area (Å²) in [7, 11) is 1.68. The van der Waals surface area contributed by atoms with Crippen molar-refractivity contribution in [2.75, 3.05) is 12.4 Å². The third-order valence-corrected chi connectivity index (χ3v) is 3.51. The SMILES string of the molecule is CCc1c(NCc2ccccc2)ncc(Br)c1OC. The maximum Gasteiger partial charge on any atom is 0.141 e.